The number of nitrogens with zero attached hydrogens (tertiary/aromatic N) is 3. The summed E-state index contributed by atoms with van der Waals surface area (Å²) in [4.78, 5) is 33.2. The van der Waals surface area contributed by atoms with Gasteiger partial charge in [0.1, 0.15) is 0 Å². The van der Waals surface area contributed by atoms with Crippen LogP contribution >= 0.6 is 0 Å². The van der Waals surface area contributed by atoms with E-state index in [1.165, 1.54) is 54.5 Å². The molecule has 0 amide bonds. The molecule has 0 aliphatic rings. The van der Waals surface area contributed by atoms with Crippen LogP contribution in [0.15, 0.2) is 14.4 Å². The molecule has 0 saturated heterocycles. The molecule has 2 aromatic rings. The molecule has 2 rings (SSSR count). The van der Waals surface area contributed by atoms with Crippen molar-refractivity contribution in [3.63, 3.8) is 0 Å². The van der Waals surface area contributed by atoms with Crippen LogP contribution in [0.5, 0.6) is 0 Å². The summed E-state index contributed by atoms with van der Waals surface area (Å²) in [6.07, 6.45) is 0. The van der Waals surface area contributed by atoms with E-state index in [2.05, 4.69) is 41.5 Å². The molecule has 0 spiro atoms. The van der Waals surface area contributed by atoms with Crippen LogP contribution < -0.4 is 17.1 Å². The van der Waals surface area contributed by atoms with Crippen molar-refractivity contribution in [1.29, 1.82) is 0 Å². The van der Waals surface area contributed by atoms with Gasteiger partial charge in [0.25, 0.3) is 0 Å². The van der Waals surface area contributed by atoms with Crippen molar-refractivity contribution >= 4 is 0 Å². The van der Waals surface area contributed by atoms with E-state index in [1.807, 2.05) is 0 Å². The van der Waals surface area contributed by atoms with Crippen molar-refractivity contribution < 1.29 is 0 Å². The van der Waals surface area contributed by atoms with Gasteiger partial charge in [0, 0.05) is 21.1 Å². The lowest BCUT2D eigenvalue weighted by Crippen LogP contribution is -2.51. The highest BCUT2D eigenvalue weighted by atomic mass is 16.2. The standard InChI is InChI=1S/C12H18.C6H9N3O3.CH4/c1-7-8(2)10(4)12(6)11(5)9(7)3;1-7-4(10)8(2)6(12)9(3)5(7)11;/h1-6H3;1-3H3;1H4. The van der Waals surface area contributed by atoms with Gasteiger partial charge in [0.05, 0.1) is 0 Å². The van der Waals surface area contributed by atoms with Crippen LogP contribution in [0.1, 0.15) is 40.8 Å². The zero-order valence-corrected chi connectivity index (χ0v) is 16.1. The molecule has 1 aromatic carbocycles. The third-order valence-corrected chi connectivity index (χ3v) is 5.10. The fourth-order valence-electron chi connectivity index (χ4n) is 2.61. The zero-order chi connectivity index (χ0) is 18.9. The van der Waals surface area contributed by atoms with Crippen molar-refractivity contribution in [3.05, 3.63) is 64.8 Å². The molecule has 0 bridgehead atoms. The normalized spacial score (nSPS) is 9.96. The van der Waals surface area contributed by atoms with Gasteiger partial charge >= 0.3 is 17.1 Å². The second-order valence-electron chi connectivity index (χ2n) is 6.27. The number of aromatic nitrogens is 3. The quantitative estimate of drug-likeness (QED) is 0.730. The van der Waals surface area contributed by atoms with Gasteiger partial charge in [-0.2, -0.15) is 0 Å². The Bertz CT molecular complexity index is 753. The van der Waals surface area contributed by atoms with Crippen LogP contribution in [0.2, 0.25) is 0 Å². The highest BCUT2D eigenvalue weighted by Gasteiger charge is 2.07. The fourth-order valence-corrected chi connectivity index (χ4v) is 2.61. The van der Waals surface area contributed by atoms with Crippen molar-refractivity contribution in [2.45, 2.75) is 49.0 Å². The summed E-state index contributed by atoms with van der Waals surface area (Å²) in [6, 6.07) is 0. The predicted octanol–water partition coefficient (Wildman–Crippen LogP) is 1.96. The lowest BCUT2D eigenvalue weighted by atomic mass is 9.90. The van der Waals surface area contributed by atoms with Crippen LogP contribution in [0.25, 0.3) is 0 Å². The second-order valence-corrected chi connectivity index (χ2v) is 6.27. The first kappa shape index (κ1) is 22.6. The Morgan fingerprint density at radius 3 is 0.680 bits per heavy atom. The fraction of sp³-hybridized carbons (Fsp3) is 0.526. The first-order valence-electron chi connectivity index (χ1n) is 7.80. The van der Waals surface area contributed by atoms with E-state index in [-0.39, 0.29) is 7.43 Å². The number of benzene rings is 1. The topological polar surface area (TPSA) is 66.0 Å². The third-order valence-electron chi connectivity index (χ3n) is 5.10. The average molecular weight is 349 g/mol. The van der Waals surface area contributed by atoms with E-state index in [0.29, 0.717) is 0 Å². The SMILES string of the molecule is C.Cc1c(C)c(C)c(C)c(C)c1C.Cn1c(=O)n(C)c(=O)n(C)c1=O. The van der Waals surface area contributed by atoms with Crippen LogP contribution in [-0.2, 0) is 21.1 Å². The van der Waals surface area contributed by atoms with Crippen LogP contribution in [-0.4, -0.2) is 13.7 Å². The predicted molar refractivity (Wildman–Crippen MR) is 104 cm³/mol. The molecule has 0 unspecified atom stereocenters. The highest BCUT2D eigenvalue weighted by Crippen LogP contribution is 2.24. The molecular weight excluding hydrogens is 318 g/mol. The first-order valence-corrected chi connectivity index (χ1v) is 7.80. The van der Waals surface area contributed by atoms with Gasteiger partial charge < -0.3 is 0 Å². The van der Waals surface area contributed by atoms with Crippen molar-refractivity contribution in [2.24, 2.45) is 21.1 Å². The molecule has 25 heavy (non-hydrogen) atoms. The minimum absolute atomic E-state index is 0. The van der Waals surface area contributed by atoms with Crippen molar-refractivity contribution in [2.75, 3.05) is 0 Å². The number of rotatable bonds is 0. The summed E-state index contributed by atoms with van der Waals surface area (Å²) in [5.74, 6) is 0. The third kappa shape index (κ3) is 4.00. The van der Waals surface area contributed by atoms with E-state index in [1.54, 1.807) is 0 Å². The van der Waals surface area contributed by atoms with Gasteiger partial charge in [-0.3, -0.25) is 0 Å². The molecule has 0 N–H and O–H groups in total. The van der Waals surface area contributed by atoms with Gasteiger partial charge in [0.2, 0.25) is 0 Å². The summed E-state index contributed by atoms with van der Waals surface area (Å²) in [5.41, 5.74) is 6.90. The first-order chi connectivity index (χ1) is 10.9. The minimum Gasteiger partial charge on any atom is -0.248 e. The molecule has 0 aliphatic carbocycles. The van der Waals surface area contributed by atoms with Gasteiger partial charge in [-0.05, 0) is 74.9 Å². The minimum atomic E-state index is -0.608. The largest absolute Gasteiger partial charge is 0.335 e. The van der Waals surface area contributed by atoms with E-state index in [9.17, 15) is 14.4 Å². The van der Waals surface area contributed by atoms with Gasteiger partial charge in [-0.15, -0.1) is 0 Å². The molecule has 1 heterocycles. The lowest BCUT2D eigenvalue weighted by Gasteiger charge is -2.15. The van der Waals surface area contributed by atoms with Crippen molar-refractivity contribution in [1.82, 2.24) is 13.7 Å². The van der Waals surface area contributed by atoms with Gasteiger partial charge in [-0.25, -0.2) is 28.1 Å². The molecule has 1 aromatic heterocycles. The highest BCUT2D eigenvalue weighted by molar-refractivity contribution is 5.48. The molecule has 0 atom stereocenters. The van der Waals surface area contributed by atoms with Crippen LogP contribution in [0, 0.1) is 41.5 Å². The maximum absolute atomic E-state index is 11.1. The molecule has 6 nitrogen and oxygen atoms in total. The number of hydrogen-bond acceptors (Lipinski definition) is 3. The Hall–Kier alpha value is -2.37. The molecular formula is C19H31N3O3. The monoisotopic (exact) mass is 349 g/mol. The molecule has 0 radical (unpaired) electrons. The Morgan fingerprint density at radius 2 is 0.560 bits per heavy atom. The zero-order valence-electron chi connectivity index (χ0n) is 16.1. The van der Waals surface area contributed by atoms with Gasteiger partial charge in [0.15, 0.2) is 0 Å². The summed E-state index contributed by atoms with van der Waals surface area (Å²) < 4.78 is 2.63. The van der Waals surface area contributed by atoms with E-state index < -0.39 is 17.1 Å². The Labute approximate surface area is 149 Å². The van der Waals surface area contributed by atoms with Crippen LogP contribution in [0.4, 0.5) is 0 Å². The summed E-state index contributed by atoms with van der Waals surface area (Å²) in [5, 5.41) is 0. The summed E-state index contributed by atoms with van der Waals surface area (Å²) >= 11 is 0. The van der Waals surface area contributed by atoms with E-state index >= 15 is 0 Å². The number of hydrogen-bond donors (Lipinski definition) is 0. The molecule has 0 aliphatic heterocycles. The maximum atomic E-state index is 11.1. The molecule has 0 saturated carbocycles. The smallest absolute Gasteiger partial charge is 0.248 e. The summed E-state index contributed by atoms with van der Waals surface area (Å²) in [6.45, 7) is 13.3. The molecule has 6 heteroatoms. The maximum Gasteiger partial charge on any atom is 0.335 e. The van der Waals surface area contributed by atoms with Gasteiger partial charge in [-0.1, -0.05) is 7.43 Å². The van der Waals surface area contributed by atoms with Crippen molar-refractivity contribution in [3.8, 4) is 0 Å². The molecule has 140 valence electrons. The Balaban J connectivity index is 0.000000443. The summed E-state index contributed by atoms with van der Waals surface area (Å²) in [7, 11) is 3.97. The Morgan fingerprint density at radius 1 is 0.440 bits per heavy atom. The Kier molecular flexibility index (Phi) is 7.37. The molecule has 0 fully saturated rings. The second kappa shape index (κ2) is 8.14. The van der Waals surface area contributed by atoms with Crippen LogP contribution in [0.3, 0.4) is 0 Å². The lowest BCUT2D eigenvalue weighted by molar-refractivity contribution is 0.551. The average Bonchev–Trinajstić information content (AvgIpc) is 2.58. The van der Waals surface area contributed by atoms with E-state index in [0.717, 1.165) is 13.7 Å². The van der Waals surface area contributed by atoms with E-state index in [4.69, 9.17) is 0 Å².